The molecule has 4 heterocycles. The molecule has 5 heteroatoms. The Hall–Kier alpha value is -6.43. The van der Waals surface area contributed by atoms with Gasteiger partial charge >= 0.3 is 0 Å². The molecular weight excluding hydrogens is 629 g/mol. The largest absolute Gasteiger partial charge is 0.317 e. The van der Waals surface area contributed by atoms with E-state index in [2.05, 4.69) is 184 Å². The van der Waals surface area contributed by atoms with Gasteiger partial charge in [0.05, 0.1) is 32.3 Å². The summed E-state index contributed by atoms with van der Waals surface area (Å²) >= 11 is 1.88. The topological polar surface area (TPSA) is 27.7 Å². The summed E-state index contributed by atoms with van der Waals surface area (Å²) in [5.74, 6) is 0.932. The lowest BCUT2D eigenvalue weighted by atomic mass is 10.1. The van der Waals surface area contributed by atoms with Crippen molar-refractivity contribution in [3.8, 4) is 28.5 Å². The van der Waals surface area contributed by atoms with Crippen LogP contribution < -0.4 is 0 Å². The van der Waals surface area contributed by atoms with Crippen molar-refractivity contribution in [1.82, 2.24) is 18.7 Å². The Labute approximate surface area is 291 Å². The van der Waals surface area contributed by atoms with Crippen LogP contribution in [0.4, 0.5) is 0 Å². The summed E-state index contributed by atoms with van der Waals surface area (Å²) in [5.41, 5.74) is 10.2. The van der Waals surface area contributed by atoms with Crippen LogP contribution in [0, 0.1) is 0 Å². The van der Waals surface area contributed by atoms with Gasteiger partial charge < -0.3 is 9.13 Å². The average Bonchev–Trinajstić information content (AvgIpc) is 3.95. The van der Waals surface area contributed by atoms with Crippen molar-refractivity contribution >= 4 is 75.3 Å². The number of rotatable bonds is 4. The van der Waals surface area contributed by atoms with Gasteiger partial charge in [-0.05, 0) is 84.9 Å². The van der Waals surface area contributed by atoms with E-state index in [1.165, 1.54) is 52.9 Å². The van der Waals surface area contributed by atoms with Crippen molar-refractivity contribution in [2.45, 2.75) is 0 Å². The zero-order valence-electron chi connectivity index (χ0n) is 26.9. The van der Waals surface area contributed by atoms with Crippen LogP contribution in [0.3, 0.4) is 0 Å². The van der Waals surface area contributed by atoms with E-state index >= 15 is 0 Å². The van der Waals surface area contributed by atoms with Gasteiger partial charge in [-0.2, -0.15) is 0 Å². The number of hydrogen-bond donors (Lipinski definition) is 0. The van der Waals surface area contributed by atoms with Crippen LogP contribution in [-0.4, -0.2) is 18.7 Å². The Kier molecular flexibility index (Phi) is 5.80. The number of fused-ring (bicyclic) bond motifs is 9. The van der Waals surface area contributed by atoms with Gasteiger partial charge in [0.2, 0.25) is 0 Å². The summed E-state index contributed by atoms with van der Waals surface area (Å²) < 4.78 is 9.66. The van der Waals surface area contributed by atoms with Crippen molar-refractivity contribution in [3.05, 3.63) is 170 Å². The number of hydrogen-bond acceptors (Lipinski definition) is 2. The molecule has 0 aliphatic carbocycles. The molecule has 0 fully saturated rings. The second-order valence-corrected chi connectivity index (χ2v) is 13.9. The van der Waals surface area contributed by atoms with Crippen LogP contribution in [0.5, 0.6) is 0 Å². The molecule has 0 bridgehead atoms. The molecule has 7 aromatic carbocycles. The summed E-state index contributed by atoms with van der Waals surface area (Å²) in [7, 11) is 0. The van der Waals surface area contributed by atoms with Gasteiger partial charge in [0.25, 0.3) is 0 Å². The molecule has 0 amide bonds. The summed E-state index contributed by atoms with van der Waals surface area (Å²) in [5, 5.41) is 6.33. The van der Waals surface area contributed by atoms with Gasteiger partial charge in [0, 0.05) is 60.5 Å². The maximum absolute atomic E-state index is 5.13. The average molecular weight is 657 g/mol. The van der Waals surface area contributed by atoms with Gasteiger partial charge in [0.1, 0.15) is 5.82 Å². The van der Waals surface area contributed by atoms with E-state index in [9.17, 15) is 0 Å². The monoisotopic (exact) mass is 656 g/mol. The minimum atomic E-state index is 0.932. The molecule has 0 saturated carbocycles. The SMILES string of the molecule is c1ccc(-n2ccc3cc4c(cc32)c2ccc3c5ccccc5sc3c2n4-c2ccc(-c3nc4ccccc4n3-c3ccccc3)cc2)cc1. The first-order valence-corrected chi connectivity index (χ1v) is 17.7. The second-order valence-electron chi connectivity index (χ2n) is 12.9. The Bertz CT molecular complexity index is 3070. The Morgan fingerprint density at radius 3 is 2.00 bits per heavy atom. The van der Waals surface area contributed by atoms with Gasteiger partial charge in [-0.1, -0.05) is 78.9 Å². The molecule has 0 atom stereocenters. The van der Waals surface area contributed by atoms with Gasteiger partial charge in [-0.25, -0.2) is 4.98 Å². The summed E-state index contributed by atoms with van der Waals surface area (Å²) in [6.07, 6.45) is 2.18. The van der Waals surface area contributed by atoms with E-state index < -0.39 is 0 Å². The molecule has 0 aliphatic rings. The number of imidazole rings is 1. The van der Waals surface area contributed by atoms with E-state index in [1.807, 2.05) is 11.3 Å². The van der Waals surface area contributed by atoms with Crippen molar-refractivity contribution < 1.29 is 0 Å². The van der Waals surface area contributed by atoms with Crippen molar-refractivity contribution in [2.75, 3.05) is 0 Å². The third-order valence-electron chi connectivity index (χ3n) is 10.1. The van der Waals surface area contributed by atoms with E-state index in [-0.39, 0.29) is 0 Å². The maximum Gasteiger partial charge on any atom is 0.145 e. The molecule has 0 unspecified atom stereocenters. The first-order chi connectivity index (χ1) is 24.8. The van der Waals surface area contributed by atoms with E-state index in [0.29, 0.717) is 0 Å². The number of benzene rings is 7. The van der Waals surface area contributed by atoms with E-state index in [4.69, 9.17) is 4.98 Å². The number of nitrogens with zero attached hydrogens (tertiary/aromatic N) is 4. The minimum absolute atomic E-state index is 0.932. The zero-order chi connectivity index (χ0) is 32.8. The van der Waals surface area contributed by atoms with Crippen molar-refractivity contribution in [3.63, 3.8) is 0 Å². The third kappa shape index (κ3) is 3.95. The first kappa shape index (κ1) is 27.5. The highest BCUT2D eigenvalue weighted by atomic mass is 32.1. The first-order valence-electron chi connectivity index (χ1n) is 16.9. The summed E-state index contributed by atoms with van der Waals surface area (Å²) in [6.45, 7) is 0. The molecule has 0 aliphatic heterocycles. The fourth-order valence-electron chi connectivity index (χ4n) is 7.80. The second kappa shape index (κ2) is 10.5. The lowest BCUT2D eigenvalue weighted by molar-refractivity contribution is 1.10. The molecule has 0 spiro atoms. The van der Waals surface area contributed by atoms with Crippen molar-refractivity contribution in [1.29, 1.82) is 0 Å². The van der Waals surface area contributed by atoms with E-state index in [0.717, 1.165) is 39.5 Å². The normalized spacial score (nSPS) is 12.0. The maximum atomic E-state index is 5.13. The molecular formula is C45H28N4S. The number of thiophene rings is 1. The highest BCUT2D eigenvalue weighted by molar-refractivity contribution is 7.26. The molecule has 234 valence electrons. The molecule has 0 N–H and O–H groups in total. The summed E-state index contributed by atoms with van der Waals surface area (Å²) in [6, 6.07) is 58.9. The quantitative estimate of drug-likeness (QED) is 0.185. The highest BCUT2D eigenvalue weighted by Gasteiger charge is 2.20. The van der Waals surface area contributed by atoms with Gasteiger partial charge in [0.15, 0.2) is 0 Å². The van der Waals surface area contributed by atoms with Crippen LogP contribution in [0.2, 0.25) is 0 Å². The zero-order valence-corrected chi connectivity index (χ0v) is 27.7. The smallest absolute Gasteiger partial charge is 0.145 e. The molecule has 11 aromatic rings. The fraction of sp³-hybridized carbons (Fsp3) is 0. The number of aromatic nitrogens is 4. The molecule has 11 rings (SSSR count). The Morgan fingerprint density at radius 2 is 1.16 bits per heavy atom. The Balaban J connectivity index is 1.17. The van der Waals surface area contributed by atoms with Crippen LogP contribution >= 0.6 is 11.3 Å². The Morgan fingerprint density at radius 1 is 0.460 bits per heavy atom. The predicted octanol–water partition coefficient (Wildman–Crippen LogP) is 12.1. The predicted molar refractivity (Wildman–Crippen MR) is 211 cm³/mol. The van der Waals surface area contributed by atoms with Crippen LogP contribution in [0.15, 0.2) is 170 Å². The molecule has 4 nitrogen and oxygen atoms in total. The van der Waals surface area contributed by atoms with Crippen LogP contribution in [-0.2, 0) is 0 Å². The lowest BCUT2D eigenvalue weighted by Crippen LogP contribution is -1.98. The molecule has 0 saturated heterocycles. The molecule has 4 aromatic heterocycles. The van der Waals surface area contributed by atoms with Gasteiger partial charge in [-0.15, -0.1) is 11.3 Å². The summed E-state index contributed by atoms with van der Waals surface area (Å²) in [4.78, 5) is 5.13. The molecule has 50 heavy (non-hydrogen) atoms. The minimum Gasteiger partial charge on any atom is -0.317 e. The van der Waals surface area contributed by atoms with E-state index in [1.54, 1.807) is 0 Å². The van der Waals surface area contributed by atoms with Crippen molar-refractivity contribution in [2.24, 2.45) is 0 Å². The third-order valence-corrected chi connectivity index (χ3v) is 11.3. The fourth-order valence-corrected chi connectivity index (χ4v) is 9.05. The molecule has 0 radical (unpaired) electrons. The van der Waals surface area contributed by atoms with Gasteiger partial charge in [-0.3, -0.25) is 4.57 Å². The standard InChI is InChI=1S/C45H28N4S/c1-3-11-31(12-4-1)47-26-25-30-27-41-37(28-40(30)47)35-23-24-36-34-15-7-10-18-42(34)50-44(36)43(35)48(41)33-21-19-29(20-22-33)45-46-38-16-8-9-17-39(38)49(45)32-13-5-2-6-14-32/h1-28H. The lowest BCUT2D eigenvalue weighted by Gasteiger charge is -2.12. The van der Waals surface area contributed by atoms with Crippen LogP contribution in [0.1, 0.15) is 0 Å². The van der Waals surface area contributed by atoms with Crippen LogP contribution in [0.25, 0.3) is 92.4 Å². The number of para-hydroxylation sites is 4. The highest BCUT2D eigenvalue weighted by Crippen LogP contribution is 2.44.